The van der Waals surface area contributed by atoms with E-state index in [1.165, 1.54) is 71.1 Å². The van der Waals surface area contributed by atoms with Gasteiger partial charge in [-0.3, -0.25) is 4.90 Å². The van der Waals surface area contributed by atoms with Crippen LogP contribution in [-0.4, -0.2) is 37.1 Å². The third-order valence-corrected chi connectivity index (χ3v) is 4.95. The number of nitrogens with one attached hydrogen (secondary N) is 1. The van der Waals surface area contributed by atoms with Crippen molar-refractivity contribution in [3.05, 3.63) is 12.2 Å². The van der Waals surface area contributed by atoms with Crippen LogP contribution >= 0.6 is 0 Å². The van der Waals surface area contributed by atoms with E-state index in [-0.39, 0.29) is 0 Å². The van der Waals surface area contributed by atoms with Crippen molar-refractivity contribution in [2.45, 2.75) is 51.0 Å². The van der Waals surface area contributed by atoms with Crippen LogP contribution in [0.2, 0.25) is 0 Å². The number of piperidine rings is 2. The predicted octanol–water partition coefficient (Wildman–Crippen LogP) is 2.56. The quantitative estimate of drug-likeness (QED) is 0.702. The van der Waals surface area contributed by atoms with Crippen LogP contribution in [0.5, 0.6) is 0 Å². The topological polar surface area (TPSA) is 15.3 Å². The lowest BCUT2D eigenvalue weighted by Gasteiger charge is -2.47. The lowest BCUT2D eigenvalue weighted by atomic mass is 9.74. The molecule has 1 aliphatic carbocycles. The summed E-state index contributed by atoms with van der Waals surface area (Å²) in [7, 11) is 0. The van der Waals surface area contributed by atoms with E-state index in [1.807, 2.05) is 0 Å². The molecule has 0 amide bonds. The Kier molecular flexibility index (Phi) is 3.53. The fourth-order valence-corrected chi connectivity index (χ4v) is 4.01. The predicted molar refractivity (Wildman–Crippen MR) is 72.1 cm³/mol. The summed E-state index contributed by atoms with van der Waals surface area (Å²) in [5.41, 5.74) is 0.613. The molecule has 2 saturated heterocycles. The molecule has 3 aliphatic rings. The minimum Gasteiger partial charge on any atom is -0.316 e. The number of allylic oxidation sites excluding steroid dienone is 1. The molecule has 0 aromatic heterocycles. The average Bonchev–Trinajstić information content (AvgIpc) is 2.41. The number of nitrogens with zero attached hydrogens (tertiary/aromatic N) is 1. The molecule has 2 atom stereocenters. The SMILES string of the molecule is C1=CC(N2CCCC3(CCCNC3)C2)CCC1. The van der Waals surface area contributed by atoms with Crippen molar-refractivity contribution >= 4 is 0 Å². The van der Waals surface area contributed by atoms with Crippen molar-refractivity contribution in [2.24, 2.45) is 5.41 Å². The van der Waals surface area contributed by atoms with E-state index in [9.17, 15) is 0 Å². The summed E-state index contributed by atoms with van der Waals surface area (Å²) < 4.78 is 0. The summed E-state index contributed by atoms with van der Waals surface area (Å²) in [5.74, 6) is 0. The maximum atomic E-state index is 3.62. The molecular weight excluding hydrogens is 208 g/mol. The lowest BCUT2D eigenvalue weighted by Crippen LogP contribution is -2.53. The summed E-state index contributed by atoms with van der Waals surface area (Å²) in [6, 6.07) is 0.753. The van der Waals surface area contributed by atoms with Gasteiger partial charge in [-0.1, -0.05) is 12.2 Å². The average molecular weight is 234 g/mol. The Morgan fingerprint density at radius 1 is 1.18 bits per heavy atom. The van der Waals surface area contributed by atoms with Gasteiger partial charge in [0.1, 0.15) is 0 Å². The van der Waals surface area contributed by atoms with Crippen LogP contribution in [0.4, 0.5) is 0 Å². The van der Waals surface area contributed by atoms with Gasteiger partial charge in [0.25, 0.3) is 0 Å². The standard InChI is InChI=1S/C15H26N2/c1-2-6-14(7-3-1)17-11-5-9-15(13-17)8-4-10-16-12-15/h2,6,14,16H,1,3-5,7-13H2. The highest BCUT2D eigenvalue weighted by Crippen LogP contribution is 2.37. The monoisotopic (exact) mass is 234 g/mol. The molecule has 2 heteroatoms. The van der Waals surface area contributed by atoms with Crippen molar-refractivity contribution in [1.29, 1.82) is 0 Å². The molecule has 2 heterocycles. The molecule has 96 valence electrons. The van der Waals surface area contributed by atoms with E-state index in [0.29, 0.717) is 5.41 Å². The fourth-order valence-electron chi connectivity index (χ4n) is 4.01. The minimum atomic E-state index is 0.613. The molecule has 0 aromatic rings. The molecule has 3 rings (SSSR count). The number of hydrogen-bond donors (Lipinski definition) is 1. The smallest absolute Gasteiger partial charge is 0.0278 e. The van der Waals surface area contributed by atoms with E-state index < -0.39 is 0 Å². The summed E-state index contributed by atoms with van der Waals surface area (Å²) in [6.07, 6.45) is 14.6. The first-order valence-corrected chi connectivity index (χ1v) is 7.50. The van der Waals surface area contributed by atoms with Gasteiger partial charge in [-0.15, -0.1) is 0 Å². The summed E-state index contributed by atoms with van der Waals surface area (Å²) in [6.45, 7) is 5.18. The van der Waals surface area contributed by atoms with Gasteiger partial charge >= 0.3 is 0 Å². The van der Waals surface area contributed by atoms with Crippen LogP contribution < -0.4 is 5.32 Å². The number of rotatable bonds is 1. The molecule has 2 fully saturated rings. The largest absolute Gasteiger partial charge is 0.316 e. The highest BCUT2D eigenvalue weighted by molar-refractivity contribution is 5.02. The van der Waals surface area contributed by atoms with E-state index in [0.717, 1.165) is 6.04 Å². The molecule has 2 aliphatic heterocycles. The van der Waals surface area contributed by atoms with Crippen molar-refractivity contribution in [1.82, 2.24) is 10.2 Å². The van der Waals surface area contributed by atoms with Gasteiger partial charge in [0.15, 0.2) is 0 Å². The Morgan fingerprint density at radius 3 is 2.88 bits per heavy atom. The second-order valence-electron chi connectivity index (χ2n) is 6.28. The lowest BCUT2D eigenvalue weighted by molar-refractivity contribution is 0.0455. The second kappa shape index (κ2) is 5.11. The molecule has 2 unspecified atom stereocenters. The fraction of sp³-hybridized carbons (Fsp3) is 0.867. The van der Waals surface area contributed by atoms with Gasteiger partial charge in [-0.05, 0) is 63.5 Å². The first-order valence-electron chi connectivity index (χ1n) is 7.50. The van der Waals surface area contributed by atoms with Crippen LogP contribution in [0, 0.1) is 5.41 Å². The van der Waals surface area contributed by atoms with Gasteiger partial charge < -0.3 is 5.32 Å². The van der Waals surface area contributed by atoms with Gasteiger partial charge in [0.05, 0.1) is 0 Å². The summed E-state index contributed by atoms with van der Waals surface area (Å²) in [5, 5.41) is 3.62. The Labute approximate surface area is 105 Å². The Hall–Kier alpha value is -0.340. The Bertz CT molecular complexity index is 273. The second-order valence-corrected chi connectivity index (χ2v) is 6.28. The summed E-state index contributed by atoms with van der Waals surface area (Å²) >= 11 is 0. The highest BCUT2D eigenvalue weighted by Gasteiger charge is 2.37. The van der Waals surface area contributed by atoms with Gasteiger partial charge in [0, 0.05) is 19.1 Å². The van der Waals surface area contributed by atoms with E-state index >= 15 is 0 Å². The molecule has 2 nitrogen and oxygen atoms in total. The molecular formula is C15H26N2. The summed E-state index contributed by atoms with van der Waals surface area (Å²) in [4.78, 5) is 2.77. The zero-order valence-electron chi connectivity index (χ0n) is 11.0. The first kappa shape index (κ1) is 11.7. The molecule has 0 radical (unpaired) electrons. The molecule has 0 bridgehead atoms. The van der Waals surface area contributed by atoms with E-state index in [1.54, 1.807) is 0 Å². The van der Waals surface area contributed by atoms with Crippen LogP contribution in [-0.2, 0) is 0 Å². The number of likely N-dealkylation sites (tertiary alicyclic amines) is 1. The van der Waals surface area contributed by atoms with E-state index in [2.05, 4.69) is 22.4 Å². The third-order valence-electron chi connectivity index (χ3n) is 4.95. The molecule has 1 spiro atoms. The molecule has 1 N–H and O–H groups in total. The van der Waals surface area contributed by atoms with E-state index in [4.69, 9.17) is 0 Å². The highest BCUT2D eigenvalue weighted by atomic mass is 15.2. The van der Waals surface area contributed by atoms with Crippen molar-refractivity contribution < 1.29 is 0 Å². The maximum Gasteiger partial charge on any atom is 0.0278 e. The normalized spacial score (nSPS) is 39.6. The Balaban J connectivity index is 1.66. The van der Waals surface area contributed by atoms with Gasteiger partial charge in [-0.25, -0.2) is 0 Å². The zero-order chi connectivity index (χ0) is 11.6. The van der Waals surface area contributed by atoms with Crippen molar-refractivity contribution in [3.8, 4) is 0 Å². The first-order chi connectivity index (χ1) is 8.38. The third kappa shape index (κ3) is 2.58. The molecule has 17 heavy (non-hydrogen) atoms. The van der Waals surface area contributed by atoms with Crippen LogP contribution in [0.25, 0.3) is 0 Å². The molecule has 0 aromatic carbocycles. The van der Waals surface area contributed by atoms with Crippen molar-refractivity contribution in [3.63, 3.8) is 0 Å². The minimum absolute atomic E-state index is 0.613. The number of hydrogen-bond acceptors (Lipinski definition) is 2. The maximum absolute atomic E-state index is 3.62. The van der Waals surface area contributed by atoms with Gasteiger partial charge in [0.2, 0.25) is 0 Å². The van der Waals surface area contributed by atoms with Gasteiger partial charge in [-0.2, -0.15) is 0 Å². The van der Waals surface area contributed by atoms with Crippen LogP contribution in [0.1, 0.15) is 44.9 Å². The Morgan fingerprint density at radius 2 is 2.12 bits per heavy atom. The van der Waals surface area contributed by atoms with Crippen LogP contribution in [0.15, 0.2) is 12.2 Å². The molecule has 0 saturated carbocycles. The zero-order valence-corrected chi connectivity index (χ0v) is 11.0. The van der Waals surface area contributed by atoms with Crippen LogP contribution in [0.3, 0.4) is 0 Å². The van der Waals surface area contributed by atoms with Crippen molar-refractivity contribution in [2.75, 3.05) is 26.2 Å².